The number of aryl methyl sites for hydroxylation is 1. The first-order valence-electron chi connectivity index (χ1n) is 6.13. The van der Waals surface area contributed by atoms with Crippen LogP contribution in [0.4, 0.5) is 11.4 Å². The Balaban J connectivity index is 2.04. The summed E-state index contributed by atoms with van der Waals surface area (Å²) in [6.07, 6.45) is 0. The summed E-state index contributed by atoms with van der Waals surface area (Å²) in [5, 5.41) is 14.2. The van der Waals surface area contributed by atoms with Gasteiger partial charge in [-0.05, 0) is 52.7 Å². The first-order chi connectivity index (χ1) is 9.95. The van der Waals surface area contributed by atoms with Crippen LogP contribution in [-0.4, -0.2) is 16.9 Å². The zero-order valence-corrected chi connectivity index (χ0v) is 12.8. The summed E-state index contributed by atoms with van der Waals surface area (Å²) in [5.41, 5.74) is 1.89. The summed E-state index contributed by atoms with van der Waals surface area (Å²) in [7, 11) is 0. The van der Waals surface area contributed by atoms with Crippen LogP contribution in [0.5, 0.6) is 5.75 Å². The number of hydrogen-bond acceptors (Lipinski definition) is 3. The topological polar surface area (TPSA) is 78.4 Å². The molecular formula is C15H13BrN2O3. The minimum atomic E-state index is -0.812. The second-order valence-corrected chi connectivity index (χ2v) is 5.30. The van der Waals surface area contributed by atoms with Gasteiger partial charge in [0.15, 0.2) is 0 Å². The smallest absolute Gasteiger partial charge is 0.314 e. The normalized spacial score (nSPS) is 10.0. The Morgan fingerprint density at radius 2 is 1.76 bits per heavy atom. The van der Waals surface area contributed by atoms with Crippen molar-refractivity contribution in [2.45, 2.75) is 6.92 Å². The van der Waals surface area contributed by atoms with Crippen LogP contribution >= 0.6 is 15.9 Å². The first kappa shape index (κ1) is 15.1. The van der Waals surface area contributed by atoms with E-state index in [0.717, 1.165) is 5.56 Å². The minimum absolute atomic E-state index is 0.00878. The van der Waals surface area contributed by atoms with Crippen LogP contribution in [0.25, 0.3) is 0 Å². The van der Waals surface area contributed by atoms with Crippen LogP contribution in [-0.2, 0) is 9.59 Å². The van der Waals surface area contributed by atoms with Crippen molar-refractivity contribution < 1.29 is 14.7 Å². The number of amides is 2. The van der Waals surface area contributed by atoms with Crippen molar-refractivity contribution in [2.24, 2.45) is 0 Å². The summed E-state index contributed by atoms with van der Waals surface area (Å²) in [6, 6.07) is 11.3. The summed E-state index contributed by atoms with van der Waals surface area (Å²) in [6.45, 7) is 1.92. The minimum Gasteiger partial charge on any atom is -0.508 e. The van der Waals surface area contributed by atoms with Crippen molar-refractivity contribution >= 4 is 39.1 Å². The molecule has 2 rings (SSSR count). The average Bonchev–Trinajstić information content (AvgIpc) is 2.41. The largest absolute Gasteiger partial charge is 0.508 e. The standard InChI is InChI=1S/C15H13BrN2O3/c1-9-5-6-13(12(16)7-9)18-15(21)14(20)17-10-3-2-4-11(19)8-10/h2-8,19H,1H3,(H,17,20)(H,18,21). The molecule has 2 aromatic carbocycles. The highest BCUT2D eigenvalue weighted by Gasteiger charge is 2.15. The van der Waals surface area contributed by atoms with E-state index in [-0.39, 0.29) is 5.75 Å². The van der Waals surface area contributed by atoms with Crippen LogP contribution in [0, 0.1) is 6.92 Å². The van der Waals surface area contributed by atoms with E-state index < -0.39 is 11.8 Å². The van der Waals surface area contributed by atoms with E-state index in [9.17, 15) is 14.7 Å². The molecule has 0 saturated heterocycles. The highest BCUT2D eigenvalue weighted by Crippen LogP contribution is 2.23. The maximum absolute atomic E-state index is 11.8. The van der Waals surface area contributed by atoms with Crippen molar-refractivity contribution in [3.63, 3.8) is 0 Å². The van der Waals surface area contributed by atoms with Crippen LogP contribution in [0.15, 0.2) is 46.9 Å². The summed E-state index contributed by atoms with van der Waals surface area (Å²) < 4.78 is 0.695. The van der Waals surface area contributed by atoms with Gasteiger partial charge in [0.05, 0.1) is 5.69 Å². The van der Waals surface area contributed by atoms with Crippen molar-refractivity contribution in [3.8, 4) is 5.75 Å². The number of phenols is 1. The molecule has 21 heavy (non-hydrogen) atoms. The lowest BCUT2D eigenvalue weighted by Crippen LogP contribution is -2.29. The molecule has 2 amide bonds. The molecule has 6 heteroatoms. The van der Waals surface area contributed by atoms with Gasteiger partial charge in [0.2, 0.25) is 0 Å². The second kappa shape index (κ2) is 6.41. The van der Waals surface area contributed by atoms with E-state index in [1.807, 2.05) is 19.1 Å². The molecule has 0 saturated carbocycles. The van der Waals surface area contributed by atoms with Crippen molar-refractivity contribution in [1.29, 1.82) is 0 Å². The molecule has 3 N–H and O–H groups in total. The van der Waals surface area contributed by atoms with E-state index in [0.29, 0.717) is 15.8 Å². The van der Waals surface area contributed by atoms with Crippen LogP contribution in [0.3, 0.4) is 0 Å². The lowest BCUT2D eigenvalue weighted by Gasteiger charge is -2.08. The summed E-state index contributed by atoms with van der Waals surface area (Å²) >= 11 is 3.32. The van der Waals surface area contributed by atoms with Gasteiger partial charge >= 0.3 is 11.8 Å². The first-order valence-corrected chi connectivity index (χ1v) is 6.92. The monoisotopic (exact) mass is 348 g/mol. The number of aromatic hydroxyl groups is 1. The third-order valence-corrected chi connectivity index (χ3v) is 3.34. The van der Waals surface area contributed by atoms with E-state index in [1.165, 1.54) is 12.1 Å². The third kappa shape index (κ3) is 4.06. The maximum Gasteiger partial charge on any atom is 0.314 e. The fourth-order valence-corrected chi connectivity index (χ4v) is 2.26. The number of benzene rings is 2. The molecule has 0 bridgehead atoms. The van der Waals surface area contributed by atoms with E-state index in [2.05, 4.69) is 26.6 Å². The molecular weight excluding hydrogens is 336 g/mol. The van der Waals surface area contributed by atoms with Crippen molar-refractivity contribution in [1.82, 2.24) is 0 Å². The van der Waals surface area contributed by atoms with Gasteiger partial charge in [0, 0.05) is 16.2 Å². The fraction of sp³-hybridized carbons (Fsp3) is 0.0667. The van der Waals surface area contributed by atoms with Gasteiger partial charge in [-0.2, -0.15) is 0 Å². The maximum atomic E-state index is 11.8. The highest BCUT2D eigenvalue weighted by molar-refractivity contribution is 9.10. The highest BCUT2D eigenvalue weighted by atomic mass is 79.9. The van der Waals surface area contributed by atoms with E-state index in [1.54, 1.807) is 18.2 Å². The molecule has 108 valence electrons. The average molecular weight is 349 g/mol. The zero-order valence-electron chi connectivity index (χ0n) is 11.2. The molecule has 0 unspecified atom stereocenters. The number of phenolic OH excluding ortho intramolecular Hbond substituents is 1. The van der Waals surface area contributed by atoms with Gasteiger partial charge in [-0.1, -0.05) is 12.1 Å². The number of hydrogen-bond donors (Lipinski definition) is 3. The van der Waals surface area contributed by atoms with Crippen LogP contribution < -0.4 is 10.6 Å². The molecule has 0 fully saturated rings. The quantitative estimate of drug-likeness (QED) is 0.730. The fourth-order valence-electron chi connectivity index (χ4n) is 1.67. The molecule has 0 aliphatic rings. The predicted molar refractivity (Wildman–Crippen MR) is 84.2 cm³/mol. The van der Waals surface area contributed by atoms with E-state index in [4.69, 9.17) is 0 Å². The molecule has 0 aliphatic heterocycles. The Morgan fingerprint density at radius 1 is 1.05 bits per heavy atom. The van der Waals surface area contributed by atoms with Gasteiger partial charge < -0.3 is 15.7 Å². The van der Waals surface area contributed by atoms with Gasteiger partial charge in [-0.3, -0.25) is 9.59 Å². The van der Waals surface area contributed by atoms with E-state index >= 15 is 0 Å². The van der Waals surface area contributed by atoms with Crippen molar-refractivity contribution in [2.75, 3.05) is 10.6 Å². The Kier molecular flexibility index (Phi) is 4.59. The lowest BCUT2D eigenvalue weighted by molar-refractivity contribution is -0.133. The SMILES string of the molecule is Cc1ccc(NC(=O)C(=O)Nc2cccc(O)c2)c(Br)c1. The zero-order chi connectivity index (χ0) is 15.4. The molecule has 0 spiro atoms. The Hall–Kier alpha value is -2.34. The number of anilines is 2. The number of nitrogens with one attached hydrogen (secondary N) is 2. The molecule has 0 atom stereocenters. The van der Waals surface area contributed by atoms with Gasteiger partial charge in [-0.25, -0.2) is 0 Å². The molecule has 0 aromatic heterocycles. The molecule has 2 aromatic rings. The van der Waals surface area contributed by atoms with Gasteiger partial charge in [0.1, 0.15) is 5.75 Å². The molecule has 5 nitrogen and oxygen atoms in total. The summed E-state index contributed by atoms with van der Waals surface area (Å²) in [5.74, 6) is -1.59. The number of carbonyl (C=O) groups is 2. The number of carbonyl (C=O) groups excluding carboxylic acids is 2. The van der Waals surface area contributed by atoms with Gasteiger partial charge in [-0.15, -0.1) is 0 Å². The Labute approximate surface area is 130 Å². The van der Waals surface area contributed by atoms with Gasteiger partial charge in [0.25, 0.3) is 0 Å². The lowest BCUT2D eigenvalue weighted by atomic mass is 10.2. The third-order valence-electron chi connectivity index (χ3n) is 2.68. The van der Waals surface area contributed by atoms with Crippen molar-refractivity contribution in [3.05, 3.63) is 52.5 Å². The van der Waals surface area contributed by atoms with Crippen LogP contribution in [0.1, 0.15) is 5.56 Å². The van der Waals surface area contributed by atoms with Crippen LogP contribution in [0.2, 0.25) is 0 Å². The molecule has 0 radical (unpaired) electrons. The molecule has 0 heterocycles. The predicted octanol–water partition coefficient (Wildman–Crippen LogP) is 3.04. The Morgan fingerprint density at radius 3 is 2.43 bits per heavy atom. The number of rotatable bonds is 2. The number of halogens is 1. The molecule has 0 aliphatic carbocycles. The second-order valence-electron chi connectivity index (χ2n) is 4.44. The summed E-state index contributed by atoms with van der Waals surface area (Å²) in [4.78, 5) is 23.6. The Bertz CT molecular complexity index is 701.